The van der Waals surface area contributed by atoms with E-state index in [9.17, 15) is 4.79 Å². The minimum Gasteiger partial charge on any atom is -0.305 e. The molecule has 3 rings (SSSR count). The smallest absolute Gasteiger partial charge is 0.231 e. The number of nitrogens with zero attached hydrogens (tertiary/aromatic N) is 2. The summed E-state index contributed by atoms with van der Waals surface area (Å²) >= 11 is 8.22. The number of amides is 1. The van der Waals surface area contributed by atoms with Crippen LogP contribution in [0.1, 0.15) is 5.69 Å². The minimum atomic E-state index is -0.0534. The molecule has 4 nitrogen and oxygen atoms in total. The van der Waals surface area contributed by atoms with E-state index in [1.165, 1.54) is 0 Å². The van der Waals surface area contributed by atoms with Gasteiger partial charge in [-0.05, 0) is 22.0 Å². The van der Waals surface area contributed by atoms with Crippen LogP contribution in [0.25, 0.3) is 9.88 Å². The first-order valence-corrected chi connectivity index (χ1v) is 9.40. The van der Waals surface area contributed by atoms with Gasteiger partial charge in [0.05, 0.1) is 23.5 Å². The van der Waals surface area contributed by atoms with Crippen molar-refractivity contribution < 1.29 is 4.79 Å². The Bertz CT molecular complexity index is 664. The molecule has 1 amide bonds. The van der Waals surface area contributed by atoms with Gasteiger partial charge in [0, 0.05) is 21.0 Å². The number of hydrogen-bond donors (Lipinski definition) is 1. The van der Waals surface area contributed by atoms with Crippen LogP contribution in [0.4, 0.5) is 0 Å². The highest BCUT2D eigenvalue weighted by Gasteiger charge is 2.13. The monoisotopic (exact) mass is 387 g/mol. The molecule has 104 valence electrons. The van der Waals surface area contributed by atoms with E-state index in [2.05, 4.69) is 31.2 Å². The maximum absolute atomic E-state index is 11.9. The molecule has 0 atom stereocenters. The number of thiazole rings is 1. The van der Waals surface area contributed by atoms with Crippen molar-refractivity contribution in [3.05, 3.63) is 27.0 Å². The van der Waals surface area contributed by atoms with E-state index in [-0.39, 0.29) is 5.91 Å². The molecule has 0 radical (unpaired) electrons. The number of hydrogen-bond acceptors (Lipinski definition) is 6. The van der Waals surface area contributed by atoms with Crippen LogP contribution >= 0.6 is 50.4 Å². The van der Waals surface area contributed by atoms with Gasteiger partial charge in [-0.3, -0.25) is 9.79 Å². The fraction of sp³-hybridized carbons (Fsp3) is 0.250. The molecule has 0 saturated carbocycles. The average molecular weight is 388 g/mol. The number of amidine groups is 1. The van der Waals surface area contributed by atoms with Crippen LogP contribution in [0.2, 0.25) is 0 Å². The quantitative estimate of drug-likeness (QED) is 0.877. The maximum atomic E-state index is 11.9. The normalized spacial score (nSPS) is 14.3. The topological polar surface area (TPSA) is 54.4 Å². The van der Waals surface area contributed by atoms with E-state index in [0.717, 1.165) is 37.5 Å². The number of carbonyl (C=O) groups excluding carboxylic acids is 1. The summed E-state index contributed by atoms with van der Waals surface area (Å²) in [6, 6.07) is 2.04. The molecule has 3 heterocycles. The summed E-state index contributed by atoms with van der Waals surface area (Å²) in [5.41, 5.74) is 0.801. The third kappa shape index (κ3) is 3.49. The van der Waals surface area contributed by atoms with E-state index >= 15 is 0 Å². The molecule has 8 heteroatoms. The third-order valence-corrected chi connectivity index (χ3v) is 6.15. The maximum Gasteiger partial charge on any atom is 0.231 e. The summed E-state index contributed by atoms with van der Waals surface area (Å²) in [6.45, 7) is 0.786. The van der Waals surface area contributed by atoms with Crippen LogP contribution < -0.4 is 5.32 Å². The Kier molecular flexibility index (Phi) is 4.54. The molecule has 0 aromatic carbocycles. The number of rotatable bonds is 3. The molecule has 1 N–H and O–H groups in total. The Labute approximate surface area is 136 Å². The fourth-order valence-electron chi connectivity index (χ4n) is 1.67. The van der Waals surface area contributed by atoms with Crippen molar-refractivity contribution in [3.63, 3.8) is 0 Å². The van der Waals surface area contributed by atoms with Gasteiger partial charge in [-0.1, -0.05) is 11.8 Å². The molecule has 0 fully saturated rings. The summed E-state index contributed by atoms with van der Waals surface area (Å²) in [7, 11) is 0. The fourth-order valence-corrected chi connectivity index (χ4v) is 4.74. The molecule has 1 aliphatic heterocycles. The standard InChI is InChI=1S/C12H10BrN3OS3/c13-7-3-9(19-5-7)11-15-8(6-20-11)4-10(17)16-12-14-1-2-18-12/h3,5-6H,1-2,4H2,(H,14,16,17). The number of thioether (sulfide) groups is 1. The van der Waals surface area contributed by atoms with Gasteiger partial charge in [0.15, 0.2) is 5.17 Å². The van der Waals surface area contributed by atoms with Gasteiger partial charge >= 0.3 is 0 Å². The largest absolute Gasteiger partial charge is 0.305 e. The number of thiophene rings is 1. The Morgan fingerprint density at radius 1 is 1.40 bits per heavy atom. The number of carbonyl (C=O) groups is 1. The summed E-state index contributed by atoms with van der Waals surface area (Å²) in [5, 5.41) is 8.46. The van der Waals surface area contributed by atoms with Gasteiger partial charge in [-0.2, -0.15) is 0 Å². The SMILES string of the molecule is O=C(Cc1csc(-c2cc(Br)cs2)n1)NC1=NCCS1. The summed E-state index contributed by atoms with van der Waals surface area (Å²) in [5.74, 6) is 0.895. The van der Waals surface area contributed by atoms with Crippen molar-refractivity contribution in [2.45, 2.75) is 6.42 Å². The van der Waals surface area contributed by atoms with Gasteiger partial charge in [0.1, 0.15) is 5.01 Å². The van der Waals surface area contributed by atoms with E-state index in [1.807, 2.05) is 16.8 Å². The Balaban J connectivity index is 1.63. The highest BCUT2D eigenvalue weighted by molar-refractivity contribution is 9.10. The van der Waals surface area contributed by atoms with Crippen molar-refractivity contribution in [1.29, 1.82) is 0 Å². The molecule has 2 aromatic heterocycles. The van der Waals surface area contributed by atoms with Gasteiger partial charge < -0.3 is 5.32 Å². The van der Waals surface area contributed by atoms with Crippen LogP contribution in [-0.2, 0) is 11.2 Å². The highest BCUT2D eigenvalue weighted by Crippen LogP contribution is 2.32. The molecule has 0 saturated heterocycles. The van der Waals surface area contributed by atoms with E-state index in [0.29, 0.717) is 6.42 Å². The number of aromatic nitrogens is 1. The van der Waals surface area contributed by atoms with Crippen LogP contribution in [-0.4, -0.2) is 28.4 Å². The molecule has 0 unspecified atom stereocenters. The first kappa shape index (κ1) is 14.2. The lowest BCUT2D eigenvalue weighted by Gasteiger charge is -2.01. The Hall–Kier alpha value is -0.700. The van der Waals surface area contributed by atoms with Crippen LogP contribution in [0, 0.1) is 0 Å². The molecule has 1 aliphatic rings. The number of halogens is 1. The van der Waals surface area contributed by atoms with Gasteiger partial charge in [-0.25, -0.2) is 4.98 Å². The second kappa shape index (κ2) is 6.38. The Morgan fingerprint density at radius 2 is 2.30 bits per heavy atom. The zero-order chi connectivity index (χ0) is 13.9. The second-order valence-corrected chi connectivity index (χ2v) is 7.80. The zero-order valence-electron chi connectivity index (χ0n) is 10.3. The summed E-state index contributed by atoms with van der Waals surface area (Å²) < 4.78 is 1.06. The molecule has 0 bridgehead atoms. The van der Waals surface area contributed by atoms with Gasteiger partial charge in [-0.15, -0.1) is 22.7 Å². The van der Waals surface area contributed by atoms with E-state index in [4.69, 9.17) is 0 Å². The van der Waals surface area contributed by atoms with Crippen LogP contribution in [0.3, 0.4) is 0 Å². The van der Waals surface area contributed by atoms with Gasteiger partial charge in [0.25, 0.3) is 0 Å². The van der Waals surface area contributed by atoms with Crippen molar-refractivity contribution in [2.24, 2.45) is 4.99 Å². The molecule has 0 aliphatic carbocycles. The highest BCUT2D eigenvalue weighted by atomic mass is 79.9. The number of aliphatic imine (C=N–C) groups is 1. The minimum absolute atomic E-state index is 0.0534. The van der Waals surface area contributed by atoms with E-state index in [1.54, 1.807) is 34.4 Å². The van der Waals surface area contributed by atoms with Crippen molar-refractivity contribution in [2.75, 3.05) is 12.3 Å². The van der Waals surface area contributed by atoms with Crippen LogP contribution in [0.15, 0.2) is 26.3 Å². The predicted octanol–water partition coefficient (Wildman–Crippen LogP) is 3.40. The molecular weight excluding hydrogens is 378 g/mol. The van der Waals surface area contributed by atoms with Crippen molar-refractivity contribution in [3.8, 4) is 9.88 Å². The Morgan fingerprint density at radius 3 is 3.00 bits per heavy atom. The van der Waals surface area contributed by atoms with E-state index < -0.39 is 0 Å². The van der Waals surface area contributed by atoms with Gasteiger partial charge in [0.2, 0.25) is 5.91 Å². The molecular formula is C12H10BrN3OS3. The summed E-state index contributed by atoms with van der Waals surface area (Å²) in [6.07, 6.45) is 0.294. The summed E-state index contributed by atoms with van der Waals surface area (Å²) in [4.78, 5) is 21.7. The predicted molar refractivity (Wildman–Crippen MR) is 89.7 cm³/mol. The van der Waals surface area contributed by atoms with Crippen LogP contribution in [0.5, 0.6) is 0 Å². The molecule has 20 heavy (non-hydrogen) atoms. The zero-order valence-corrected chi connectivity index (χ0v) is 14.3. The lowest BCUT2D eigenvalue weighted by Crippen LogP contribution is -2.28. The number of nitrogens with one attached hydrogen (secondary N) is 1. The van der Waals surface area contributed by atoms with Crippen molar-refractivity contribution >= 4 is 61.4 Å². The second-order valence-electron chi connectivity index (χ2n) is 4.03. The lowest BCUT2D eigenvalue weighted by atomic mass is 10.3. The molecule has 2 aromatic rings. The third-order valence-electron chi connectivity index (χ3n) is 2.50. The molecule has 0 spiro atoms. The first-order chi connectivity index (χ1) is 9.70. The van der Waals surface area contributed by atoms with Crippen molar-refractivity contribution in [1.82, 2.24) is 10.3 Å². The lowest BCUT2D eigenvalue weighted by molar-refractivity contribution is -0.119. The average Bonchev–Trinajstić information content (AvgIpc) is 3.10. The first-order valence-electron chi connectivity index (χ1n) is 5.86.